The van der Waals surface area contributed by atoms with Gasteiger partial charge in [0.2, 0.25) is 0 Å². The lowest BCUT2D eigenvalue weighted by molar-refractivity contribution is 0.143. The van der Waals surface area contributed by atoms with Crippen molar-refractivity contribution >= 4 is 25.4 Å². The van der Waals surface area contributed by atoms with Gasteiger partial charge in [0.15, 0.2) is 13.9 Å². The fraction of sp³-hybridized carbons (Fsp3) is 0.536. The highest BCUT2D eigenvalue weighted by Crippen LogP contribution is 2.51. The van der Waals surface area contributed by atoms with Gasteiger partial charge >= 0.3 is 5.63 Å². The van der Waals surface area contributed by atoms with Crippen molar-refractivity contribution in [2.24, 2.45) is 5.92 Å². The summed E-state index contributed by atoms with van der Waals surface area (Å²) < 4.78 is 19.1. The first kappa shape index (κ1) is 26.3. The number of benzene rings is 1. The molecule has 0 amide bonds. The molecule has 2 heterocycles. The van der Waals surface area contributed by atoms with E-state index in [0.717, 1.165) is 17.4 Å². The van der Waals surface area contributed by atoms with E-state index < -0.39 is 25.6 Å². The number of phenols is 1. The molecular weight excluding hydrogens is 444 g/mol. The Bertz CT molecular complexity index is 1180. The van der Waals surface area contributed by atoms with E-state index in [1.807, 2.05) is 39.0 Å². The third-order valence-corrected chi connectivity index (χ3v) is 11.6. The molecular formula is C28H40O5Si. The molecule has 2 unspecified atom stereocenters. The maximum Gasteiger partial charge on any atom is 0.336 e. The summed E-state index contributed by atoms with van der Waals surface area (Å²) in [6.45, 7) is 22.9. The third kappa shape index (κ3) is 4.75. The number of hydrogen-bond acceptors (Lipinski definition) is 5. The topological polar surface area (TPSA) is 68.9 Å². The maximum absolute atomic E-state index is 12.7. The molecule has 3 rings (SSSR count). The van der Waals surface area contributed by atoms with Crippen molar-refractivity contribution in [3.63, 3.8) is 0 Å². The Balaban J connectivity index is 2.46. The first-order chi connectivity index (χ1) is 15.6. The van der Waals surface area contributed by atoms with Gasteiger partial charge in [-0.3, -0.25) is 0 Å². The Labute approximate surface area is 204 Å². The molecule has 1 aliphatic heterocycles. The van der Waals surface area contributed by atoms with Crippen LogP contribution in [0.4, 0.5) is 0 Å². The molecule has 2 atom stereocenters. The number of hydrogen-bond donors (Lipinski definition) is 1. The van der Waals surface area contributed by atoms with E-state index in [0.29, 0.717) is 28.9 Å². The molecule has 34 heavy (non-hydrogen) atoms. The van der Waals surface area contributed by atoms with Crippen LogP contribution in [0.25, 0.3) is 17.0 Å². The Morgan fingerprint density at radius 3 is 2.50 bits per heavy atom. The average molecular weight is 485 g/mol. The van der Waals surface area contributed by atoms with Crippen LogP contribution in [0.5, 0.6) is 11.5 Å². The fourth-order valence-electron chi connectivity index (χ4n) is 4.09. The van der Waals surface area contributed by atoms with Crippen LogP contribution in [-0.4, -0.2) is 19.0 Å². The van der Waals surface area contributed by atoms with Gasteiger partial charge < -0.3 is 18.7 Å². The zero-order valence-electron chi connectivity index (χ0n) is 22.2. The number of fused-ring (bicyclic) bond motifs is 3. The van der Waals surface area contributed by atoms with Crippen molar-refractivity contribution in [2.45, 2.75) is 91.1 Å². The summed E-state index contributed by atoms with van der Waals surface area (Å²) >= 11 is 0. The highest BCUT2D eigenvalue weighted by molar-refractivity contribution is 6.74. The first-order valence-corrected chi connectivity index (χ1v) is 15.1. The Hall–Kier alpha value is -2.31. The van der Waals surface area contributed by atoms with Crippen molar-refractivity contribution in [3.8, 4) is 11.5 Å². The van der Waals surface area contributed by atoms with E-state index in [9.17, 15) is 9.90 Å². The number of rotatable bonds is 7. The normalized spacial score (nSPS) is 17.2. The Kier molecular flexibility index (Phi) is 6.99. The third-order valence-electron chi connectivity index (χ3n) is 7.17. The van der Waals surface area contributed by atoms with Crippen molar-refractivity contribution < 1.29 is 18.7 Å². The van der Waals surface area contributed by atoms with Crippen molar-refractivity contribution in [1.82, 2.24) is 0 Å². The van der Waals surface area contributed by atoms with Gasteiger partial charge in [-0.15, -0.1) is 6.58 Å². The Morgan fingerprint density at radius 2 is 1.94 bits per heavy atom. The summed E-state index contributed by atoms with van der Waals surface area (Å²) in [5, 5.41) is 12.3. The van der Waals surface area contributed by atoms with Gasteiger partial charge in [0, 0.05) is 12.0 Å². The monoisotopic (exact) mass is 484 g/mol. The second-order valence-electron chi connectivity index (χ2n) is 11.5. The van der Waals surface area contributed by atoms with Gasteiger partial charge in [-0.05, 0) is 56.1 Å². The van der Waals surface area contributed by atoms with Crippen LogP contribution in [0, 0.1) is 5.92 Å². The van der Waals surface area contributed by atoms with E-state index >= 15 is 0 Å². The molecule has 0 fully saturated rings. The summed E-state index contributed by atoms with van der Waals surface area (Å²) in [7, 11) is -2.27. The van der Waals surface area contributed by atoms with Crippen LogP contribution >= 0.6 is 0 Å². The van der Waals surface area contributed by atoms with Gasteiger partial charge in [-0.1, -0.05) is 47.1 Å². The largest absolute Gasteiger partial charge is 0.507 e. The molecule has 0 saturated carbocycles. The zero-order chi connectivity index (χ0) is 25.6. The number of phenolic OH excluding ortho intramolecular Hbond substituents is 1. The molecule has 0 bridgehead atoms. The molecule has 0 aliphatic carbocycles. The van der Waals surface area contributed by atoms with Crippen LogP contribution in [0.3, 0.4) is 0 Å². The summed E-state index contributed by atoms with van der Waals surface area (Å²) in [6.07, 6.45) is 6.68. The standard InChI is InChI=1S/C28H40O5Si/c1-11-13-18-16-20(29)31-26-21(18)25-19(14-15-28(7,8)32-25)23(30)22(26)24(17(3)12-2)33-34(9,10)27(4,5)6/h12,14-17,24,30H,2,11,13H2,1,3-10H3. The van der Waals surface area contributed by atoms with Gasteiger partial charge in [0.25, 0.3) is 0 Å². The predicted molar refractivity (Wildman–Crippen MR) is 142 cm³/mol. The summed E-state index contributed by atoms with van der Waals surface area (Å²) in [6, 6.07) is 1.54. The van der Waals surface area contributed by atoms with Crippen LogP contribution in [0.2, 0.25) is 18.1 Å². The van der Waals surface area contributed by atoms with Gasteiger partial charge in [0.1, 0.15) is 17.1 Å². The lowest BCUT2D eigenvalue weighted by Crippen LogP contribution is -2.42. The SMILES string of the molecule is C=CC(C)C(O[Si](C)(C)C(C)(C)C)c1c(O)c2c(c3c(CCC)cc(=O)oc13)OC(C)(C)C=C2. The van der Waals surface area contributed by atoms with Crippen LogP contribution in [0.15, 0.2) is 34.0 Å². The molecule has 2 aromatic rings. The molecule has 1 aromatic carbocycles. The van der Waals surface area contributed by atoms with E-state index in [4.69, 9.17) is 13.6 Å². The van der Waals surface area contributed by atoms with E-state index in [-0.39, 0.29) is 16.7 Å². The highest BCUT2D eigenvalue weighted by atomic mass is 28.4. The fourth-order valence-corrected chi connectivity index (χ4v) is 5.41. The second-order valence-corrected chi connectivity index (χ2v) is 16.2. The minimum Gasteiger partial charge on any atom is -0.507 e. The van der Waals surface area contributed by atoms with Crippen molar-refractivity contribution in [2.75, 3.05) is 0 Å². The van der Waals surface area contributed by atoms with Crippen molar-refractivity contribution in [1.29, 1.82) is 0 Å². The maximum atomic E-state index is 12.7. The molecule has 1 aromatic heterocycles. The number of ether oxygens (including phenoxy) is 1. The molecule has 6 heteroatoms. The van der Waals surface area contributed by atoms with Crippen molar-refractivity contribution in [3.05, 3.63) is 51.9 Å². The average Bonchev–Trinajstić information content (AvgIpc) is 2.70. The van der Waals surface area contributed by atoms with E-state index in [1.54, 1.807) is 6.07 Å². The lowest BCUT2D eigenvalue weighted by Gasteiger charge is -2.41. The quantitative estimate of drug-likeness (QED) is 0.250. The molecule has 1 aliphatic rings. The smallest absolute Gasteiger partial charge is 0.336 e. The first-order valence-electron chi connectivity index (χ1n) is 12.2. The van der Waals surface area contributed by atoms with Crippen LogP contribution in [-0.2, 0) is 10.8 Å². The van der Waals surface area contributed by atoms with Crippen LogP contribution in [0.1, 0.15) is 77.7 Å². The minimum atomic E-state index is -2.27. The van der Waals surface area contributed by atoms with Gasteiger partial charge in [0.05, 0.1) is 22.6 Å². The van der Waals surface area contributed by atoms with Gasteiger partial charge in [-0.25, -0.2) is 4.79 Å². The second kappa shape index (κ2) is 9.04. The number of aryl methyl sites for hydroxylation is 1. The van der Waals surface area contributed by atoms with E-state index in [1.165, 1.54) is 0 Å². The molecule has 5 nitrogen and oxygen atoms in total. The molecule has 1 N–H and O–H groups in total. The molecule has 0 spiro atoms. The highest BCUT2D eigenvalue weighted by Gasteiger charge is 2.42. The lowest BCUT2D eigenvalue weighted by atomic mass is 9.89. The Morgan fingerprint density at radius 1 is 1.29 bits per heavy atom. The molecule has 0 saturated heterocycles. The summed E-state index contributed by atoms with van der Waals surface area (Å²) in [5.41, 5.74) is 1.28. The zero-order valence-corrected chi connectivity index (χ0v) is 23.2. The predicted octanol–water partition coefficient (Wildman–Crippen LogP) is 7.52. The van der Waals surface area contributed by atoms with Crippen LogP contribution < -0.4 is 10.4 Å². The summed E-state index contributed by atoms with van der Waals surface area (Å²) in [5.74, 6) is 0.447. The minimum absolute atomic E-state index is 0.0310. The summed E-state index contributed by atoms with van der Waals surface area (Å²) in [4.78, 5) is 12.7. The van der Waals surface area contributed by atoms with E-state index in [2.05, 4.69) is 47.4 Å². The molecule has 0 radical (unpaired) electrons. The molecule has 186 valence electrons. The number of aromatic hydroxyl groups is 1. The van der Waals surface area contributed by atoms with Gasteiger partial charge in [-0.2, -0.15) is 0 Å².